The molecule has 0 amide bonds. The zero-order valence-corrected chi connectivity index (χ0v) is 9.91. The number of ether oxygens (including phenoxy) is 1. The Morgan fingerprint density at radius 3 is 2.33 bits per heavy atom. The summed E-state index contributed by atoms with van der Waals surface area (Å²) < 4.78 is 32.7. The second-order valence-corrected chi connectivity index (χ2v) is 3.84. The van der Waals surface area contributed by atoms with Crippen LogP contribution in [0, 0.1) is 11.6 Å². The van der Waals surface area contributed by atoms with E-state index in [0.717, 1.165) is 5.56 Å². The van der Waals surface area contributed by atoms with E-state index >= 15 is 0 Å². The van der Waals surface area contributed by atoms with Gasteiger partial charge in [-0.2, -0.15) is 0 Å². The summed E-state index contributed by atoms with van der Waals surface area (Å²) in [6.45, 7) is 0.299. The molecule has 0 saturated carbocycles. The lowest BCUT2D eigenvalue weighted by molar-refractivity contribution is 0.415. The molecule has 2 N–H and O–H groups in total. The van der Waals surface area contributed by atoms with Crippen molar-refractivity contribution in [3.8, 4) is 16.9 Å². The van der Waals surface area contributed by atoms with Crippen molar-refractivity contribution in [1.29, 1.82) is 0 Å². The Labute approximate surface area is 104 Å². The van der Waals surface area contributed by atoms with Crippen molar-refractivity contribution in [2.45, 2.75) is 6.54 Å². The molecule has 0 atom stereocenters. The van der Waals surface area contributed by atoms with Crippen LogP contribution in [0.5, 0.6) is 5.75 Å². The fourth-order valence-electron chi connectivity index (χ4n) is 1.83. The van der Waals surface area contributed by atoms with E-state index in [1.165, 1.54) is 25.3 Å². The summed E-state index contributed by atoms with van der Waals surface area (Å²) in [6.07, 6.45) is 0. The van der Waals surface area contributed by atoms with Gasteiger partial charge >= 0.3 is 0 Å². The summed E-state index contributed by atoms with van der Waals surface area (Å²) in [4.78, 5) is 0. The van der Waals surface area contributed by atoms with Gasteiger partial charge in [-0.1, -0.05) is 12.1 Å². The molecule has 0 bridgehead atoms. The third-order valence-corrected chi connectivity index (χ3v) is 2.73. The molecule has 0 heterocycles. The van der Waals surface area contributed by atoms with E-state index < -0.39 is 11.6 Å². The predicted octanol–water partition coefficient (Wildman–Crippen LogP) is 3.10. The molecule has 2 aromatic carbocycles. The Balaban J connectivity index is 2.68. The maximum Gasteiger partial charge on any atom is 0.134 e. The highest BCUT2D eigenvalue weighted by Crippen LogP contribution is 2.34. The van der Waals surface area contributed by atoms with Crippen molar-refractivity contribution in [3.63, 3.8) is 0 Å². The van der Waals surface area contributed by atoms with Gasteiger partial charge in [-0.05, 0) is 29.8 Å². The van der Waals surface area contributed by atoms with Gasteiger partial charge in [0.05, 0.1) is 12.7 Å². The maximum atomic E-state index is 13.8. The minimum absolute atomic E-state index is 0.0929. The molecule has 2 aromatic rings. The Morgan fingerprint density at radius 2 is 1.78 bits per heavy atom. The van der Waals surface area contributed by atoms with Crippen LogP contribution in [0.15, 0.2) is 36.4 Å². The maximum absolute atomic E-state index is 13.8. The zero-order valence-electron chi connectivity index (χ0n) is 9.91. The minimum atomic E-state index is -0.623. The summed E-state index contributed by atoms with van der Waals surface area (Å²) in [5, 5.41) is 0. The summed E-state index contributed by atoms with van der Waals surface area (Å²) in [5.74, 6) is -0.832. The van der Waals surface area contributed by atoms with Gasteiger partial charge in [0.2, 0.25) is 0 Å². The van der Waals surface area contributed by atoms with Crippen molar-refractivity contribution >= 4 is 0 Å². The molecule has 18 heavy (non-hydrogen) atoms. The number of hydrogen-bond acceptors (Lipinski definition) is 2. The van der Waals surface area contributed by atoms with Crippen LogP contribution in [0.3, 0.4) is 0 Å². The van der Waals surface area contributed by atoms with Crippen molar-refractivity contribution < 1.29 is 13.5 Å². The molecule has 0 unspecified atom stereocenters. The lowest BCUT2D eigenvalue weighted by Gasteiger charge is -2.12. The average Bonchev–Trinajstić information content (AvgIpc) is 2.38. The Kier molecular flexibility index (Phi) is 3.58. The highest BCUT2D eigenvalue weighted by atomic mass is 19.1. The first-order valence-electron chi connectivity index (χ1n) is 5.48. The van der Waals surface area contributed by atoms with Crippen molar-refractivity contribution in [1.82, 2.24) is 0 Å². The van der Waals surface area contributed by atoms with E-state index in [1.54, 1.807) is 18.2 Å². The van der Waals surface area contributed by atoms with Gasteiger partial charge in [-0.15, -0.1) is 0 Å². The van der Waals surface area contributed by atoms with Crippen LogP contribution in [0.2, 0.25) is 0 Å². The molecule has 0 aliphatic heterocycles. The van der Waals surface area contributed by atoms with Crippen LogP contribution in [-0.2, 0) is 6.54 Å². The largest absolute Gasteiger partial charge is 0.496 e. The van der Waals surface area contributed by atoms with Crippen LogP contribution in [-0.4, -0.2) is 7.11 Å². The zero-order chi connectivity index (χ0) is 13.1. The van der Waals surface area contributed by atoms with Crippen LogP contribution in [0.4, 0.5) is 8.78 Å². The molecule has 4 heteroatoms. The van der Waals surface area contributed by atoms with Gasteiger partial charge in [0, 0.05) is 12.1 Å². The van der Waals surface area contributed by atoms with E-state index in [0.29, 0.717) is 17.9 Å². The highest BCUT2D eigenvalue weighted by Gasteiger charge is 2.15. The van der Waals surface area contributed by atoms with E-state index in [-0.39, 0.29) is 5.56 Å². The van der Waals surface area contributed by atoms with Crippen LogP contribution in [0.1, 0.15) is 5.56 Å². The van der Waals surface area contributed by atoms with E-state index in [2.05, 4.69) is 0 Å². The number of halogens is 2. The number of hydrogen-bond donors (Lipinski definition) is 1. The molecule has 2 nitrogen and oxygen atoms in total. The number of nitrogens with two attached hydrogens (primary N) is 1. The molecular weight excluding hydrogens is 236 g/mol. The molecule has 94 valence electrons. The van der Waals surface area contributed by atoms with Gasteiger partial charge < -0.3 is 10.5 Å². The first-order chi connectivity index (χ1) is 8.67. The van der Waals surface area contributed by atoms with E-state index in [4.69, 9.17) is 10.5 Å². The normalized spacial score (nSPS) is 10.4. The monoisotopic (exact) mass is 249 g/mol. The number of rotatable bonds is 3. The van der Waals surface area contributed by atoms with Crippen molar-refractivity contribution in [2.75, 3.05) is 7.11 Å². The topological polar surface area (TPSA) is 35.2 Å². The Bertz CT molecular complexity index is 549. The lowest BCUT2D eigenvalue weighted by atomic mass is 10.0. The summed E-state index contributed by atoms with van der Waals surface area (Å²) in [6, 6.07) is 8.82. The molecule has 0 spiro atoms. The SMILES string of the molecule is COc1ccc(CN)cc1-c1c(F)cccc1F. The fourth-order valence-corrected chi connectivity index (χ4v) is 1.83. The highest BCUT2D eigenvalue weighted by molar-refractivity contribution is 5.72. The molecular formula is C14H13F2NO. The fraction of sp³-hybridized carbons (Fsp3) is 0.143. The van der Waals surface area contributed by atoms with E-state index in [1.807, 2.05) is 0 Å². The molecule has 0 aliphatic carbocycles. The minimum Gasteiger partial charge on any atom is -0.496 e. The first-order valence-corrected chi connectivity index (χ1v) is 5.48. The van der Waals surface area contributed by atoms with Crippen LogP contribution in [0.25, 0.3) is 11.1 Å². The second-order valence-electron chi connectivity index (χ2n) is 3.84. The number of benzene rings is 2. The smallest absolute Gasteiger partial charge is 0.134 e. The van der Waals surface area contributed by atoms with E-state index in [9.17, 15) is 8.78 Å². The average molecular weight is 249 g/mol. The summed E-state index contributed by atoms with van der Waals surface area (Å²) >= 11 is 0. The number of methoxy groups -OCH3 is 1. The third-order valence-electron chi connectivity index (χ3n) is 2.73. The molecule has 2 rings (SSSR count). The quantitative estimate of drug-likeness (QED) is 0.907. The van der Waals surface area contributed by atoms with Gasteiger partial charge in [-0.3, -0.25) is 0 Å². The van der Waals surface area contributed by atoms with Gasteiger partial charge in [0.25, 0.3) is 0 Å². The standard InChI is InChI=1S/C14H13F2NO/c1-18-13-6-5-9(8-17)7-10(13)14-11(15)3-2-4-12(14)16/h2-7H,8,17H2,1H3. The predicted molar refractivity (Wildman–Crippen MR) is 66.2 cm³/mol. The lowest BCUT2D eigenvalue weighted by Crippen LogP contribution is -1.99. The molecule has 0 fully saturated rings. The summed E-state index contributed by atoms with van der Waals surface area (Å²) in [5.41, 5.74) is 6.60. The molecule has 0 aliphatic rings. The summed E-state index contributed by atoms with van der Waals surface area (Å²) in [7, 11) is 1.46. The second kappa shape index (κ2) is 5.14. The van der Waals surface area contributed by atoms with Crippen molar-refractivity contribution in [2.24, 2.45) is 5.73 Å². The Hall–Kier alpha value is -1.94. The van der Waals surface area contributed by atoms with Crippen LogP contribution >= 0.6 is 0 Å². The van der Waals surface area contributed by atoms with Gasteiger partial charge in [0.15, 0.2) is 0 Å². The van der Waals surface area contributed by atoms with Crippen molar-refractivity contribution in [3.05, 3.63) is 53.6 Å². The molecule has 0 aromatic heterocycles. The van der Waals surface area contributed by atoms with Gasteiger partial charge in [-0.25, -0.2) is 8.78 Å². The Morgan fingerprint density at radius 1 is 1.11 bits per heavy atom. The third kappa shape index (κ3) is 2.19. The first kappa shape index (κ1) is 12.5. The van der Waals surface area contributed by atoms with Crippen LogP contribution < -0.4 is 10.5 Å². The molecule has 0 radical (unpaired) electrons. The molecule has 0 saturated heterocycles. The van der Waals surface area contributed by atoms with Gasteiger partial charge in [0.1, 0.15) is 17.4 Å².